The van der Waals surface area contributed by atoms with Crippen LogP contribution in [0.3, 0.4) is 0 Å². The van der Waals surface area contributed by atoms with E-state index < -0.39 is 23.5 Å². The molecule has 4 rings (SSSR count). The number of aromatic nitrogens is 1. The molecule has 1 amide bonds. The molecule has 1 aliphatic heterocycles. The Morgan fingerprint density at radius 1 is 1.09 bits per heavy atom. The molecule has 0 saturated carbocycles. The van der Waals surface area contributed by atoms with Crippen LogP contribution in [0.5, 0.6) is 17.2 Å². The number of aromatic amines is 1. The summed E-state index contributed by atoms with van der Waals surface area (Å²) in [4.78, 5) is 30.4. The van der Waals surface area contributed by atoms with Crippen LogP contribution in [0.1, 0.15) is 22.7 Å². The van der Waals surface area contributed by atoms with E-state index in [9.17, 15) is 19.8 Å². The number of hydrogen-bond acceptors (Lipinski definition) is 6. The summed E-state index contributed by atoms with van der Waals surface area (Å²) in [7, 11) is 2.91. The maximum absolute atomic E-state index is 13.4. The van der Waals surface area contributed by atoms with Crippen molar-refractivity contribution in [1.82, 2.24) is 4.90 Å². The van der Waals surface area contributed by atoms with E-state index in [4.69, 9.17) is 9.47 Å². The predicted octanol–water partition coefficient (Wildman–Crippen LogP) is 1.65. The van der Waals surface area contributed by atoms with Gasteiger partial charge in [-0.2, -0.15) is 0 Å². The van der Waals surface area contributed by atoms with Crippen molar-refractivity contribution in [3.05, 3.63) is 89.3 Å². The molecule has 2 aromatic carbocycles. The van der Waals surface area contributed by atoms with E-state index in [0.717, 1.165) is 5.56 Å². The van der Waals surface area contributed by atoms with Gasteiger partial charge in [0.1, 0.15) is 5.75 Å². The van der Waals surface area contributed by atoms with E-state index in [1.54, 1.807) is 48.8 Å². The molecule has 2 heterocycles. The zero-order valence-electron chi connectivity index (χ0n) is 18.1. The van der Waals surface area contributed by atoms with Gasteiger partial charge in [0.2, 0.25) is 5.78 Å². The van der Waals surface area contributed by atoms with E-state index in [2.05, 4.69) is 4.98 Å². The summed E-state index contributed by atoms with van der Waals surface area (Å²) in [5, 5.41) is 23.5. The minimum Gasteiger partial charge on any atom is -0.872 e. The quantitative estimate of drug-likeness (QED) is 0.350. The van der Waals surface area contributed by atoms with Crippen molar-refractivity contribution in [2.75, 3.05) is 14.2 Å². The number of nitrogens with zero attached hydrogens (tertiary/aromatic N) is 1. The Morgan fingerprint density at radius 2 is 1.85 bits per heavy atom. The van der Waals surface area contributed by atoms with Crippen LogP contribution in [-0.4, -0.2) is 35.9 Å². The number of methoxy groups -OCH3 is 2. The molecule has 8 heteroatoms. The summed E-state index contributed by atoms with van der Waals surface area (Å²) in [6.45, 7) is 0.106. The fourth-order valence-electron chi connectivity index (χ4n) is 3.87. The van der Waals surface area contributed by atoms with Gasteiger partial charge in [-0.3, -0.25) is 9.59 Å². The standard InChI is InChI=1S/C25H22N2O6/c1-32-18-8-5-16(6-9-18)23(29)21-22(17-7-10-19(28)20(12-17)33-2)27(25(31)24(21)30)14-15-4-3-11-26-13-15/h3-13,22,28-29H,14H2,1-2H3. The maximum Gasteiger partial charge on any atom is 0.295 e. The Balaban J connectivity index is 1.87. The van der Waals surface area contributed by atoms with Crippen LogP contribution in [0.15, 0.2) is 72.6 Å². The number of Topliss-reactive ketones (excluding diaryl/α,β-unsaturated/α-hetero) is 1. The maximum atomic E-state index is 13.4. The fourth-order valence-corrected chi connectivity index (χ4v) is 3.87. The molecule has 3 aromatic rings. The molecular weight excluding hydrogens is 424 g/mol. The van der Waals surface area contributed by atoms with E-state index >= 15 is 0 Å². The number of aromatic hydroxyl groups is 1. The highest BCUT2D eigenvalue weighted by molar-refractivity contribution is 6.46. The topological polar surface area (TPSA) is 113 Å². The molecule has 168 valence electrons. The number of ether oxygens (including phenoxy) is 2. The number of benzene rings is 2. The summed E-state index contributed by atoms with van der Waals surface area (Å²) >= 11 is 0. The lowest BCUT2D eigenvalue weighted by Gasteiger charge is -2.27. The van der Waals surface area contributed by atoms with Gasteiger partial charge in [-0.15, -0.1) is 0 Å². The number of carbonyl (C=O) groups excluding carboxylic acids is 2. The Labute approximate surface area is 190 Å². The van der Waals surface area contributed by atoms with E-state index in [1.807, 2.05) is 6.07 Å². The van der Waals surface area contributed by atoms with Crippen molar-refractivity contribution in [1.29, 1.82) is 0 Å². The van der Waals surface area contributed by atoms with Gasteiger partial charge in [-0.1, -0.05) is 24.0 Å². The third-order valence-electron chi connectivity index (χ3n) is 5.53. The molecule has 1 aliphatic rings. The number of ketones is 1. The number of phenolic OH excluding ortho intramolecular Hbond substituents is 1. The third kappa shape index (κ3) is 4.10. The zero-order valence-corrected chi connectivity index (χ0v) is 18.1. The van der Waals surface area contributed by atoms with Crippen LogP contribution in [-0.2, 0) is 16.1 Å². The number of amides is 1. The molecule has 0 spiro atoms. The molecule has 1 aromatic heterocycles. The first-order chi connectivity index (χ1) is 15.9. The number of pyridine rings is 1. The zero-order chi connectivity index (χ0) is 23.5. The van der Waals surface area contributed by atoms with E-state index in [-0.39, 0.29) is 29.2 Å². The first-order valence-electron chi connectivity index (χ1n) is 10.2. The smallest absolute Gasteiger partial charge is 0.295 e. The highest BCUT2D eigenvalue weighted by Gasteiger charge is 2.44. The van der Waals surface area contributed by atoms with Crippen molar-refractivity contribution in [2.45, 2.75) is 12.6 Å². The summed E-state index contributed by atoms with van der Waals surface area (Å²) in [6, 6.07) is 13.5. The molecule has 33 heavy (non-hydrogen) atoms. The molecular formula is C25H22N2O6. The Kier molecular flexibility index (Phi) is 5.99. The van der Waals surface area contributed by atoms with Gasteiger partial charge in [0.15, 0.2) is 23.9 Å². The molecule has 1 saturated heterocycles. The predicted molar refractivity (Wildman–Crippen MR) is 116 cm³/mol. The molecule has 0 bridgehead atoms. The van der Waals surface area contributed by atoms with E-state index in [1.165, 1.54) is 31.3 Å². The first kappa shape index (κ1) is 21.9. The second kappa shape index (κ2) is 9.04. The van der Waals surface area contributed by atoms with Gasteiger partial charge < -0.3 is 24.6 Å². The van der Waals surface area contributed by atoms with Gasteiger partial charge in [-0.25, -0.2) is 4.98 Å². The second-order valence-electron chi connectivity index (χ2n) is 7.48. The lowest BCUT2D eigenvalue weighted by molar-refractivity contribution is -0.378. The molecule has 1 atom stereocenters. The lowest BCUT2D eigenvalue weighted by atomic mass is 9.95. The average Bonchev–Trinajstić information content (AvgIpc) is 3.09. The summed E-state index contributed by atoms with van der Waals surface area (Å²) < 4.78 is 10.3. The van der Waals surface area contributed by atoms with Gasteiger partial charge in [0.05, 0.1) is 26.8 Å². The van der Waals surface area contributed by atoms with Crippen molar-refractivity contribution < 1.29 is 34.3 Å². The van der Waals surface area contributed by atoms with Crippen molar-refractivity contribution in [2.24, 2.45) is 0 Å². The van der Waals surface area contributed by atoms with Gasteiger partial charge in [-0.05, 0) is 41.5 Å². The Morgan fingerprint density at radius 3 is 2.48 bits per heavy atom. The number of hydrogen-bond donors (Lipinski definition) is 1. The Bertz CT molecular complexity index is 1220. The van der Waals surface area contributed by atoms with Gasteiger partial charge >= 0.3 is 0 Å². The first-order valence-corrected chi connectivity index (χ1v) is 10.2. The highest BCUT2D eigenvalue weighted by Crippen LogP contribution is 2.42. The normalized spacial score (nSPS) is 17.3. The van der Waals surface area contributed by atoms with Crippen LogP contribution < -0.4 is 19.6 Å². The third-order valence-corrected chi connectivity index (χ3v) is 5.53. The largest absolute Gasteiger partial charge is 0.872 e. The molecule has 0 radical (unpaired) electrons. The number of nitrogens with one attached hydrogen (secondary N) is 1. The second-order valence-corrected chi connectivity index (χ2v) is 7.48. The molecule has 0 aliphatic carbocycles. The summed E-state index contributed by atoms with van der Waals surface area (Å²) in [5.74, 6) is -1.53. The SMILES string of the molecule is COc1ccc(C([O-])=C2C(=O)C(=O)N(Cc3ccc[nH+]c3)C2c2ccc(O)c(OC)c2)cc1. The fraction of sp³-hybridized carbons (Fsp3) is 0.160. The highest BCUT2D eigenvalue weighted by atomic mass is 16.5. The minimum atomic E-state index is -0.950. The average molecular weight is 446 g/mol. The monoisotopic (exact) mass is 446 g/mol. The number of H-pyrrole nitrogens is 1. The number of carbonyl (C=O) groups is 2. The van der Waals surface area contributed by atoms with E-state index in [0.29, 0.717) is 11.3 Å². The summed E-state index contributed by atoms with van der Waals surface area (Å²) in [5.41, 5.74) is 1.34. The van der Waals surface area contributed by atoms with Crippen LogP contribution in [0.4, 0.5) is 0 Å². The number of likely N-dealkylation sites (tertiary alicyclic amines) is 1. The molecule has 2 N–H and O–H groups in total. The van der Waals surface area contributed by atoms with Crippen LogP contribution in [0.25, 0.3) is 5.76 Å². The minimum absolute atomic E-state index is 0.0934. The molecule has 1 fully saturated rings. The number of phenols is 1. The molecule has 8 nitrogen and oxygen atoms in total. The van der Waals surface area contributed by atoms with Crippen molar-refractivity contribution in [3.63, 3.8) is 0 Å². The number of rotatable bonds is 6. The van der Waals surface area contributed by atoms with Crippen LogP contribution in [0.2, 0.25) is 0 Å². The van der Waals surface area contributed by atoms with Crippen molar-refractivity contribution in [3.8, 4) is 17.2 Å². The van der Waals surface area contributed by atoms with Gasteiger partial charge in [0, 0.05) is 17.2 Å². The summed E-state index contributed by atoms with van der Waals surface area (Å²) in [6.07, 6.45) is 3.45. The van der Waals surface area contributed by atoms with Gasteiger partial charge in [0.25, 0.3) is 5.91 Å². The van der Waals surface area contributed by atoms with Crippen molar-refractivity contribution >= 4 is 17.4 Å². The van der Waals surface area contributed by atoms with Crippen LogP contribution in [0, 0.1) is 0 Å². The van der Waals surface area contributed by atoms with Crippen LogP contribution >= 0.6 is 0 Å². The Hall–Kier alpha value is -4.33. The molecule has 1 unspecified atom stereocenters. The lowest BCUT2D eigenvalue weighted by Crippen LogP contribution is -2.29.